The van der Waals surface area contributed by atoms with Gasteiger partial charge in [-0.2, -0.15) is 4.98 Å². The van der Waals surface area contributed by atoms with E-state index in [2.05, 4.69) is 10.1 Å². The SMILES string of the molecule is CC(Oc1cccc(Cl)c1)c1nc(-c2ccc(=O)n(C)c2)no1. The lowest BCUT2D eigenvalue weighted by Crippen LogP contribution is -2.14. The molecule has 0 saturated heterocycles. The lowest BCUT2D eigenvalue weighted by Gasteiger charge is -2.10. The van der Waals surface area contributed by atoms with Gasteiger partial charge in [-0.3, -0.25) is 4.79 Å². The zero-order valence-corrected chi connectivity index (χ0v) is 13.3. The highest BCUT2D eigenvalue weighted by molar-refractivity contribution is 6.30. The van der Waals surface area contributed by atoms with Gasteiger partial charge in [-0.25, -0.2) is 0 Å². The summed E-state index contributed by atoms with van der Waals surface area (Å²) >= 11 is 5.93. The van der Waals surface area contributed by atoms with Crippen LogP contribution >= 0.6 is 11.6 Å². The van der Waals surface area contributed by atoms with Gasteiger partial charge in [0, 0.05) is 29.9 Å². The summed E-state index contributed by atoms with van der Waals surface area (Å²) in [4.78, 5) is 15.7. The molecule has 0 amide bonds. The molecule has 118 valence electrons. The highest BCUT2D eigenvalue weighted by Crippen LogP contribution is 2.24. The first kappa shape index (κ1) is 15.3. The molecular formula is C16H14ClN3O3. The number of benzene rings is 1. The molecule has 0 bridgehead atoms. The summed E-state index contributed by atoms with van der Waals surface area (Å²) in [6.45, 7) is 1.80. The van der Waals surface area contributed by atoms with Gasteiger partial charge in [0.2, 0.25) is 11.4 Å². The van der Waals surface area contributed by atoms with Crippen LogP contribution in [0.15, 0.2) is 51.9 Å². The van der Waals surface area contributed by atoms with Crippen LogP contribution in [0, 0.1) is 0 Å². The van der Waals surface area contributed by atoms with Gasteiger partial charge in [-0.05, 0) is 31.2 Å². The van der Waals surface area contributed by atoms with Crippen molar-refractivity contribution in [2.45, 2.75) is 13.0 Å². The first-order valence-electron chi connectivity index (χ1n) is 6.96. The third kappa shape index (κ3) is 3.43. The van der Waals surface area contributed by atoms with Crippen molar-refractivity contribution in [2.24, 2.45) is 7.05 Å². The minimum atomic E-state index is -0.428. The number of hydrogen-bond donors (Lipinski definition) is 0. The van der Waals surface area contributed by atoms with Crippen LogP contribution in [0.1, 0.15) is 18.9 Å². The molecule has 0 aliphatic rings. The second kappa shape index (κ2) is 6.26. The molecule has 0 aliphatic carbocycles. The first-order chi connectivity index (χ1) is 11.0. The van der Waals surface area contributed by atoms with Crippen LogP contribution in [0.2, 0.25) is 5.02 Å². The van der Waals surface area contributed by atoms with Crippen molar-refractivity contribution in [2.75, 3.05) is 0 Å². The van der Waals surface area contributed by atoms with Crippen molar-refractivity contribution < 1.29 is 9.26 Å². The van der Waals surface area contributed by atoms with Gasteiger partial charge in [0.25, 0.3) is 5.89 Å². The Morgan fingerprint density at radius 3 is 2.87 bits per heavy atom. The molecule has 0 N–H and O–H groups in total. The van der Waals surface area contributed by atoms with Crippen molar-refractivity contribution in [1.29, 1.82) is 0 Å². The molecule has 2 heterocycles. The van der Waals surface area contributed by atoms with Crippen LogP contribution in [-0.2, 0) is 7.05 Å². The minimum Gasteiger partial charge on any atom is -0.481 e. The van der Waals surface area contributed by atoms with Gasteiger partial charge in [-0.1, -0.05) is 22.8 Å². The number of aryl methyl sites for hydroxylation is 1. The number of halogens is 1. The van der Waals surface area contributed by atoms with Gasteiger partial charge in [0.05, 0.1) is 0 Å². The molecule has 1 unspecified atom stereocenters. The molecule has 1 atom stereocenters. The average Bonchev–Trinajstić information content (AvgIpc) is 3.00. The molecule has 0 aliphatic heterocycles. The van der Waals surface area contributed by atoms with Crippen LogP contribution in [0.3, 0.4) is 0 Å². The highest BCUT2D eigenvalue weighted by Gasteiger charge is 2.17. The van der Waals surface area contributed by atoms with Crippen LogP contribution in [0.25, 0.3) is 11.4 Å². The molecule has 6 nitrogen and oxygen atoms in total. The molecular weight excluding hydrogens is 318 g/mol. The molecule has 3 aromatic rings. The van der Waals surface area contributed by atoms with E-state index in [1.54, 1.807) is 50.5 Å². The molecule has 2 aromatic heterocycles. The van der Waals surface area contributed by atoms with Crippen LogP contribution in [-0.4, -0.2) is 14.7 Å². The van der Waals surface area contributed by atoms with Crippen LogP contribution in [0.4, 0.5) is 0 Å². The fourth-order valence-electron chi connectivity index (χ4n) is 2.04. The highest BCUT2D eigenvalue weighted by atomic mass is 35.5. The van der Waals surface area contributed by atoms with Gasteiger partial charge >= 0.3 is 0 Å². The van der Waals surface area contributed by atoms with Gasteiger partial charge in [-0.15, -0.1) is 0 Å². The number of aromatic nitrogens is 3. The Morgan fingerprint density at radius 2 is 2.13 bits per heavy atom. The monoisotopic (exact) mass is 331 g/mol. The summed E-state index contributed by atoms with van der Waals surface area (Å²) in [6, 6.07) is 10.2. The number of pyridine rings is 1. The summed E-state index contributed by atoms with van der Waals surface area (Å²) in [5, 5.41) is 4.52. The normalized spacial score (nSPS) is 12.1. The maximum absolute atomic E-state index is 11.4. The van der Waals surface area contributed by atoms with E-state index in [-0.39, 0.29) is 5.56 Å². The van der Waals surface area contributed by atoms with E-state index in [1.165, 1.54) is 10.6 Å². The van der Waals surface area contributed by atoms with Crippen molar-refractivity contribution in [1.82, 2.24) is 14.7 Å². The Kier molecular flexibility index (Phi) is 4.16. The average molecular weight is 332 g/mol. The van der Waals surface area contributed by atoms with E-state index >= 15 is 0 Å². The number of nitrogens with zero attached hydrogens (tertiary/aromatic N) is 3. The van der Waals surface area contributed by atoms with Crippen LogP contribution in [0.5, 0.6) is 5.75 Å². The lowest BCUT2D eigenvalue weighted by molar-refractivity contribution is 0.176. The van der Waals surface area contributed by atoms with E-state index in [4.69, 9.17) is 20.9 Å². The standard InChI is InChI=1S/C16H14ClN3O3/c1-10(22-13-5-3-4-12(17)8-13)16-18-15(19-23-16)11-6-7-14(21)20(2)9-11/h3-10H,1-2H3. The van der Waals surface area contributed by atoms with E-state index in [9.17, 15) is 4.79 Å². The predicted octanol–water partition coefficient (Wildman–Crippen LogP) is 3.23. The van der Waals surface area contributed by atoms with Crippen molar-refractivity contribution in [3.8, 4) is 17.1 Å². The third-order valence-electron chi connectivity index (χ3n) is 3.24. The summed E-state index contributed by atoms with van der Waals surface area (Å²) in [7, 11) is 1.66. The molecule has 0 radical (unpaired) electrons. The largest absolute Gasteiger partial charge is 0.481 e. The van der Waals surface area contributed by atoms with Gasteiger partial charge in [0.1, 0.15) is 5.75 Å². The number of hydrogen-bond acceptors (Lipinski definition) is 5. The molecule has 1 aromatic carbocycles. The molecule has 23 heavy (non-hydrogen) atoms. The quantitative estimate of drug-likeness (QED) is 0.734. The summed E-state index contributed by atoms with van der Waals surface area (Å²) in [5.74, 6) is 1.36. The zero-order chi connectivity index (χ0) is 16.4. The molecule has 3 rings (SSSR count). The molecule has 0 fully saturated rings. The van der Waals surface area contributed by atoms with Crippen molar-refractivity contribution in [3.63, 3.8) is 0 Å². The predicted molar refractivity (Wildman–Crippen MR) is 85.5 cm³/mol. The summed E-state index contributed by atoms with van der Waals surface area (Å²) in [6.07, 6.45) is 1.22. The van der Waals surface area contributed by atoms with E-state index in [0.29, 0.717) is 28.1 Å². The fourth-order valence-corrected chi connectivity index (χ4v) is 2.22. The first-order valence-corrected chi connectivity index (χ1v) is 7.33. The van der Waals surface area contributed by atoms with Crippen molar-refractivity contribution >= 4 is 11.6 Å². The second-order valence-electron chi connectivity index (χ2n) is 5.04. The fraction of sp³-hybridized carbons (Fsp3) is 0.188. The number of ether oxygens (including phenoxy) is 1. The minimum absolute atomic E-state index is 0.102. The smallest absolute Gasteiger partial charge is 0.267 e. The van der Waals surface area contributed by atoms with E-state index in [1.807, 2.05) is 0 Å². The second-order valence-corrected chi connectivity index (χ2v) is 5.48. The summed E-state index contributed by atoms with van der Waals surface area (Å²) < 4.78 is 12.4. The number of rotatable bonds is 4. The Hall–Kier alpha value is -2.60. The Labute approximate surface area is 137 Å². The van der Waals surface area contributed by atoms with Gasteiger partial charge in [0.15, 0.2) is 6.10 Å². The van der Waals surface area contributed by atoms with Crippen LogP contribution < -0.4 is 10.3 Å². The molecule has 0 saturated carbocycles. The Bertz CT molecular complexity index is 888. The van der Waals surface area contributed by atoms with E-state index in [0.717, 1.165) is 0 Å². The lowest BCUT2D eigenvalue weighted by atomic mass is 10.2. The Morgan fingerprint density at radius 1 is 1.30 bits per heavy atom. The zero-order valence-electron chi connectivity index (χ0n) is 12.6. The molecule has 7 heteroatoms. The summed E-state index contributed by atoms with van der Waals surface area (Å²) in [5.41, 5.74) is 0.590. The molecule has 0 spiro atoms. The maximum atomic E-state index is 11.4. The van der Waals surface area contributed by atoms with Crippen molar-refractivity contribution in [3.05, 3.63) is 63.9 Å². The third-order valence-corrected chi connectivity index (χ3v) is 3.48. The maximum Gasteiger partial charge on any atom is 0.267 e. The van der Waals surface area contributed by atoms with E-state index < -0.39 is 6.10 Å². The topological polar surface area (TPSA) is 70.2 Å². The Balaban J connectivity index is 1.80. The van der Waals surface area contributed by atoms with Gasteiger partial charge < -0.3 is 13.8 Å².